The highest BCUT2D eigenvalue weighted by Gasteiger charge is 2.33. The van der Waals surface area contributed by atoms with Crippen molar-refractivity contribution < 1.29 is 27.5 Å². The van der Waals surface area contributed by atoms with Crippen LogP contribution in [0.4, 0.5) is 23.7 Å². The Hall–Kier alpha value is -4.91. The second kappa shape index (κ2) is 14.9. The number of hydrogen-bond acceptors (Lipinski definition) is 6. The molecule has 5 rings (SSSR count). The van der Waals surface area contributed by atoms with Crippen molar-refractivity contribution in [2.24, 2.45) is 10.9 Å². The molecule has 3 amide bonds. The van der Waals surface area contributed by atoms with Crippen LogP contribution in [0.15, 0.2) is 84.1 Å². The van der Waals surface area contributed by atoms with Crippen LogP contribution in [0.5, 0.6) is 5.75 Å². The highest BCUT2D eigenvalue weighted by molar-refractivity contribution is 8.15. The number of carbonyl (C=O) groups is 2. The van der Waals surface area contributed by atoms with E-state index in [2.05, 4.69) is 39.0 Å². The number of urea groups is 1. The second-order valence-corrected chi connectivity index (χ2v) is 12.6. The van der Waals surface area contributed by atoms with E-state index in [0.29, 0.717) is 29.6 Å². The van der Waals surface area contributed by atoms with Crippen molar-refractivity contribution in [3.8, 4) is 22.8 Å². The monoisotopic (exact) mass is 676 g/mol. The van der Waals surface area contributed by atoms with Crippen LogP contribution in [-0.2, 0) is 4.79 Å². The minimum Gasteiger partial charge on any atom is -0.406 e. The van der Waals surface area contributed by atoms with Crippen molar-refractivity contribution in [1.82, 2.24) is 20.1 Å². The van der Waals surface area contributed by atoms with E-state index in [1.54, 1.807) is 4.90 Å². The van der Waals surface area contributed by atoms with E-state index in [9.17, 15) is 22.8 Å². The van der Waals surface area contributed by atoms with Crippen molar-refractivity contribution in [2.45, 2.75) is 46.4 Å². The minimum atomic E-state index is -4.76. The first-order valence-corrected chi connectivity index (χ1v) is 16.3. The maximum Gasteiger partial charge on any atom is 0.573 e. The molecule has 0 saturated carbocycles. The largest absolute Gasteiger partial charge is 0.573 e. The zero-order valence-corrected chi connectivity index (χ0v) is 27.7. The summed E-state index contributed by atoms with van der Waals surface area (Å²) in [7, 11) is 0. The van der Waals surface area contributed by atoms with Crippen LogP contribution >= 0.6 is 11.8 Å². The Morgan fingerprint density at radius 2 is 1.88 bits per heavy atom. The number of carbonyl (C=O) groups excluding carboxylic acids is 2. The van der Waals surface area contributed by atoms with Gasteiger partial charge in [-0.15, -0.1) is 18.3 Å². The first-order valence-electron chi connectivity index (χ1n) is 15.4. The van der Waals surface area contributed by atoms with Gasteiger partial charge in [0.05, 0.1) is 17.1 Å². The van der Waals surface area contributed by atoms with Gasteiger partial charge in [0.1, 0.15) is 12.1 Å². The van der Waals surface area contributed by atoms with Crippen molar-refractivity contribution in [2.75, 3.05) is 17.2 Å². The number of aryl methyl sites for hydroxylation is 1. The van der Waals surface area contributed by atoms with Gasteiger partial charge in [0, 0.05) is 12.1 Å². The number of amidine groups is 1. The fourth-order valence-corrected chi connectivity index (χ4v) is 5.88. The molecule has 13 heteroatoms. The van der Waals surface area contributed by atoms with E-state index < -0.39 is 12.4 Å². The average molecular weight is 677 g/mol. The van der Waals surface area contributed by atoms with Gasteiger partial charge in [-0.2, -0.15) is 4.99 Å². The molecule has 1 N–H and O–H groups in total. The third kappa shape index (κ3) is 8.91. The number of allylic oxidation sites excluding steroid dienone is 1. The summed E-state index contributed by atoms with van der Waals surface area (Å²) < 4.78 is 42.7. The zero-order chi connectivity index (χ0) is 34.4. The lowest BCUT2D eigenvalue weighted by Gasteiger charge is -2.22. The fraction of sp³-hybridized carbons (Fsp3) is 0.286. The second-order valence-electron chi connectivity index (χ2n) is 11.7. The number of anilines is 1. The van der Waals surface area contributed by atoms with Crippen molar-refractivity contribution >= 4 is 40.6 Å². The molecule has 1 fully saturated rings. The molecule has 250 valence electrons. The number of rotatable bonds is 10. The summed E-state index contributed by atoms with van der Waals surface area (Å²) in [6.07, 6.45) is 1.44. The molecule has 1 atom stereocenters. The van der Waals surface area contributed by atoms with Gasteiger partial charge in [-0.25, -0.2) is 14.5 Å². The molecule has 2 heterocycles. The Morgan fingerprint density at radius 3 is 2.60 bits per heavy atom. The Morgan fingerprint density at radius 1 is 1.10 bits per heavy atom. The minimum absolute atomic E-state index is 0.0980. The number of aliphatic imine (C=N–C) groups is 1. The molecular weight excluding hydrogens is 641 g/mol. The molecule has 0 spiro atoms. The topological polar surface area (TPSA) is 102 Å². The Bertz CT molecular complexity index is 1840. The summed E-state index contributed by atoms with van der Waals surface area (Å²) in [5.74, 6) is 0.620. The summed E-state index contributed by atoms with van der Waals surface area (Å²) in [6.45, 7) is 8.56. The number of nitrogens with zero attached hydrogens (tertiary/aromatic N) is 5. The van der Waals surface area contributed by atoms with E-state index in [1.807, 2.05) is 68.5 Å². The number of ether oxygens (including phenoxy) is 1. The molecule has 1 unspecified atom stereocenters. The summed E-state index contributed by atoms with van der Waals surface area (Å²) in [4.78, 5) is 35.7. The molecule has 1 saturated heterocycles. The molecule has 1 aromatic heterocycles. The molecule has 4 aromatic rings. The highest BCUT2D eigenvalue weighted by atomic mass is 32.2. The quantitative estimate of drug-likeness (QED) is 0.182. The Balaban J connectivity index is 1.15. The first kappa shape index (κ1) is 34.4. The van der Waals surface area contributed by atoms with Gasteiger partial charge in [-0.1, -0.05) is 75.0 Å². The van der Waals surface area contributed by atoms with Gasteiger partial charge in [0.15, 0.2) is 11.0 Å². The predicted molar refractivity (Wildman–Crippen MR) is 182 cm³/mol. The van der Waals surface area contributed by atoms with Crippen LogP contribution in [0.3, 0.4) is 0 Å². The molecule has 1 aliphatic rings. The number of thioether (sulfide) groups is 1. The van der Waals surface area contributed by atoms with Gasteiger partial charge in [-0.05, 0) is 78.3 Å². The fourth-order valence-electron chi connectivity index (χ4n) is 5.02. The highest BCUT2D eigenvalue weighted by Crippen LogP contribution is 2.34. The number of halogens is 3. The standard InChI is InChI=1S/C35H35F3N6O3S/c1-22(2)29-15-9-24(4)18-30(29)44-31(45)20-48-34(44)41-33(46)39-17-16-23(3)8-10-25-6-5-7-26(19-25)32-40-21-43(42-32)27-11-13-28(14-12-27)47-35(36,37)38/h5-15,18-19,21-23H,16-17,20H2,1-4H3,(H,39,46)/b10-8+,41-34-. The number of aromatic nitrogens is 3. The number of nitrogens with one attached hydrogen (secondary N) is 1. The molecule has 3 aromatic carbocycles. The lowest BCUT2D eigenvalue weighted by atomic mass is 9.99. The zero-order valence-electron chi connectivity index (χ0n) is 26.9. The van der Waals surface area contributed by atoms with Gasteiger partial charge in [0.2, 0.25) is 5.91 Å². The SMILES string of the molecule is Cc1ccc(C(C)C)c(N2C(=O)CS/C2=N\C(=O)NCCC(C)/C=C/c2cccc(-c3ncn(-c4ccc(OC(F)(F)F)cc4)n3)c2)c1. The summed E-state index contributed by atoms with van der Waals surface area (Å²) >= 11 is 1.26. The Labute approximate surface area is 280 Å². The average Bonchev–Trinajstić information content (AvgIpc) is 3.66. The molecule has 9 nitrogen and oxygen atoms in total. The van der Waals surface area contributed by atoms with Crippen LogP contribution in [0, 0.1) is 12.8 Å². The first-order chi connectivity index (χ1) is 22.9. The van der Waals surface area contributed by atoms with Crippen molar-refractivity contribution in [3.63, 3.8) is 0 Å². The van der Waals surface area contributed by atoms with E-state index >= 15 is 0 Å². The third-order valence-electron chi connectivity index (χ3n) is 7.48. The maximum atomic E-state index is 12.8. The van der Waals surface area contributed by atoms with E-state index in [-0.39, 0.29) is 29.2 Å². The Kier molecular flexibility index (Phi) is 10.7. The van der Waals surface area contributed by atoms with Crippen LogP contribution < -0.4 is 15.0 Å². The smallest absolute Gasteiger partial charge is 0.406 e. The summed E-state index contributed by atoms with van der Waals surface area (Å²) in [6, 6.07) is 18.5. The number of benzene rings is 3. The normalized spacial score (nSPS) is 15.1. The van der Waals surface area contributed by atoms with Gasteiger partial charge < -0.3 is 10.1 Å². The van der Waals surface area contributed by atoms with Gasteiger partial charge in [-0.3, -0.25) is 9.69 Å². The van der Waals surface area contributed by atoms with Gasteiger partial charge in [0.25, 0.3) is 0 Å². The number of alkyl halides is 3. The molecule has 0 aliphatic carbocycles. The summed E-state index contributed by atoms with van der Waals surface area (Å²) in [5, 5.41) is 7.70. The molecular formula is C35H35F3N6O3S. The predicted octanol–water partition coefficient (Wildman–Crippen LogP) is 8.15. The molecule has 0 bridgehead atoms. The summed E-state index contributed by atoms with van der Waals surface area (Å²) in [5.41, 5.74) is 5.05. The van der Waals surface area contributed by atoms with Crippen molar-refractivity contribution in [3.05, 3.63) is 95.8 Å². The van der Waals surface area contributed by atoms with Crippen LogP contribution in [0.2, 0.25) is 0 Å². The molecule has 0 radical (unpaired) electrons. The number of hydrogen-bond donors (Lipinski definition) is 1. The maximum absolute atomic E-state index is 12.8. The lowest BCUT2D eigenvalue weighted by molar-refractivity contribution is -0.274. The van der Waals surface area contributed by atoms with Crippen LogP contribution in [-0.4, -0.2) is 50.5 Å². The number of amides is 3. The molecule has 48 heavy (non-hydrogen) atoms. The van der Waals surface area contributed by atoms with Crippen LogP contribution in [0.1, 0.15) is 49.8 Å². The third-order valence-corrected chi connectivity index (χ3v) is 8.40. The van der Waals surface area contributed by atoms with E-state index in [0.717, 1.165) is 27.9 Å². The van der Waals surface area contributed by atoms with E-state index in [1.165, 1.54) is 47.0 Å². The van der Waals surface area contributed by atoms with Gasteiger partial charge >= 0.3 is 12.4 Å². The van der Waals surface area contributed by atoms with Crippen molar-refractivity contribution in [1.29, 1.82) is 0 Å². The van der Waals surface area contributed by atoms with E-state index in [4.69, 9.17) is 0 Å². The molecule has 1 aliphatic heterocycles. The van der Waals surface area contributed by atoms with Crippen LogP contribution in [0.25, 0.3) is 23.2 Å². The lowest BCUT2D eigenvalue weighted by Crippen LogP contribution is -2.32.